The molecule has 1 aromatic heterocycles. The summed E-state index contributed by atoms with van der Waals surface area (Å²) in [5.74, 6) is 0.488. The van der Waals surface area contributed by atoms with Crippen molar-refractivity contribution in [3.8, 4) is 0 Å². The van der Waals surface area contributed by atoms with Gasteiger partial charge in [-0.1, -0.05) is 29.8 Å². The first-order chi connectivity index (χ1) is 15.3. The molecule has 5 rings (SSSR count). The fourth-order valence-corrected chi connectivity index (χ4v) is 5.69. The number of halogens is 3. The molecule has 1 aromatic carbocycles. The van der Waals surface area contributed by atoms with Gasteiger partial charge in [0.05, 0.1) is 24.3 Å². The molecule has 2 aromatic rings. The van der Waals surface area contributed by atoms with Crippen LogP contribution in [0.1, 0.15) is 36.9 Å². The predicted molar refractivity (Wildman–Crippen MR) is 121 cm³/mol. The van der Waals surface area contributed by atoms with E-state index in [4.69, 9.17) is 11.6 Å². The third-order valence-corrected chi connectivity index (χ3v) is 8.20. The van der Waals surface area contributed by atoms with Crippen LogP contribution in [0.4, 0.5) is 20.5 Å². The number of benzene rings is 1. The maximum atomic E-state index is 14.3. The van der Waals surface area contributed by atoms with Gasteiger partial charge in [-0.05, 0) is 49.0 Å². The molecule has 1 unspecified atom stereocenters. The molecule has 1 aliphatic carbocycles. The number of anilines is 2. The highest BCUT2D eigenvalue weighted by Crippen LogP contribution is 2.44. The highest BCUT2D eigenvalue weighted by molar-refractivity contribution is 7.86. The third-order valence-electron chi connectivity index (χ3n) is 6.46. The Balaban J connectivity index is 1.46. The van der Waals surface area contributed by atoms with Gasteiger partial charge in [-0.2, -0.15) is 13.8 Å². The summed E-state index contributed by atoms with van der Waals surface area (Å²) in [7, 11) is -2.52. The Hall–Kier alpha value is -2.10. The van der Waals surface area contributed by atoms with Crippen molar-refractivity contribution in [3.63, 3.8) is 0 Å². The van der Waals surface area contributed by atoms with E-state index in [0.29, 0.717) is 36.9 Å². The lowest BCUT2D eigenvalue weighted by molar-refractivity contribution is 0.104. The number of aliphatic hydroxyl groups excluding tert-OH is 1. The average molecular weight is 481 g/mol. The molecule has 32 heavy (non-hydrogen) atoms. The van der Waals surface area contributed by atoms with E-state index in [0.717, 1.165) is 18.4 Å². The summed E-state index contributed by atoms with van der Waals surface area (Å²) in [5, 5.41) is 10.3. The smallest absolute Gasteiger partial charge is 0.331 e. The molecule has 0 bridgehead atoms. The molecule has 3 heterocycles. The van der Waals surface area contributed by atoms with E-state index in [1.165, 1.54) is 5.57 Å². The van der Waals surface area contributed by atoms with Crippen LogP contribution in [0, 0.1) is 0 Å². The molecule has 0 saturated heterocycles. The number of nitrogens with one attached hydrogen (secondary N) is 1. The molecule has 1 atom stereocenters. The molecule has 0 radical (unpaired) electrons. The monoisotopic (exact) mass is 480 g/mol. The minimum atomic E-state index is -3.37. The normalized spacial score (nSPS) is 23.3. The summed E-state index contributed by atoms with van der Waals surface area (Å²) in [6.07, 6.45) is 4.48. The van der Waals surface area contributed by atoms with Crippen molar-refractivity contribution in [2.45, 2.75) is 47.8 Å². The van der Waals surface area contributed by atoms with Crippen LogP contribution in [-0.4, -0.2) is 49.8 Å². The number of aliphatic hydroxyl groups is 1. The van der Waals surface area contributed by atoms with E-state index >= 15 is 0 Å². The first kappa shape index (κ1) is 21.7. The molecule has 0 amide bonds. The fraction of sp³-hybridized carbons (Fsp3) is 0.455. The lowest BCUT2D eigenvalue weighted by Crippen LogP contribution is -2.49. The Kier molecular flexibility index (Phi) is 5.46. The summed E-state index contributed by atoms with van der Waals surface area (Å²) >= 11 is 5.98. The molecule has 10 heteroatoms. The van der Waals surface area contributed by atoms with Crippen molar-refractivity contribution < 1.29 is 18.1 Å². The Morgan fingerprint density at radius 1 is 1.22 bits per heavy atom. The minimum Gasteiger partial charge on any atom is -0.394 e. The Morgan fingerprint density at radius 2 is 1.97 bits per heavy atom. The first-order valence-electron chi connectivity index (χ1n) is 10.6. The van der Waals surface area contributed by atoms with E-state index in [2.05, 4.69) is 21.4 Å². The van der Waals surface area contributed by atoms with E-state index in [-0.39, 0.29) is 23.0 Å². The summed E-state index contributed by atoms with van der Waals surface area (Å²) < 4.78 is 41.0. The molecule has 6 nitrogen and oxygen atoms in total. The zero-order chi connectivity index (χ0) is 22.5. The molecule has 0 spiro atoms. The number of hydrogen-bond donors (Lipinski definition) is 2. The van der Waals surface area contributed by atoms with Crippen LogP contribution in [0.3, 0.4) is 0 Å². The van der Waals surface area contributed by atoms with Crippen LogP contribution in [0.2, 0.25) is 5.02 Å². The minimum absolute atomic E-state index is 0.0344. The van der Waals surface area contributed by atoms with Gasteiger partial charge >= 0.3 is 5.25 Å². The standard InChI is InChI=1S/C22H23ClF2N4O2S/c23-16-4-2-14(3-5-16)15-6-10-29(11-7-15)20-26-17-12-22(24,25)32(31)18(17)19(27-20)28-21(13-30)8-1-9-21/h2-6,30H,1,7-13H2,(H,26,27,28). The number of rotatable bonds is 5. The second kappa shape index (κ2) is 8.04. The Bertz CT molecular complexity index is 1100. The highest BCUT2D eigenvalue weighted by atomic mass is 35.5. The second-order valence-corrected chi connectivity index (χ2v) is 10.6. The molecular formula is C22H23ClF2N4O2S. The average Bonchev–Trinajstić information content (AvgIpc) is 2.99. The summed E-state index contributed by atoms with van der Waals surface area (Å²) in [5.41, 5.74) is 1.78. The van der Waals surface area contributed by atoms with Gasteiger partial charge in [0.15, 0.2) is 0 Å². The lowest BCUT2D eigenvalue weighted by Gasteiger charge is -2.41. The van der Waals surface area contributed by atoms with Crippen molar-refractivity contribution in [2.75, 3.05) is 29.9 Å². The van der Waals surface area contributed by atoms with Gasteiger partial charge in [0, 0.05) is 18.1 Å². The summed E-state index contributed by atoms with van der Waals surface area (Å²) in [4.78, 5) is 10.8. The van der Waals surface area contributed by atoms with Crippen LogP contribution in [0.25, 0.3) is 5.57 Å². The number of fused-ring (bicyclic) bond motifs is 1. The molecule has 1 fully saturated rings. The van der Waals surface area contributed by atoms with Crippen molar-refractivity contribution in [1.29, 1.82) is 0 Å². The number of alkyl halides is 2. The summed E-state index contributed by atoms with van der Waals surface area (Å²) in [6.45, 7) is 1.01. The first-order valence-corrected chi connectivity index (χ1v) is 12.1. The van der Waals surface area contributed by atoms with E-state index < -0.39 is 28.0 Å². The van der Waals surface area contributed by atoms with Crippen LogP contribution >= 0.6 is 11.6 Å². The second-order valence-electron chi connectivity index (χ2n) is 8.58. The van der Waals surface area contributed by atoms with Crippen molar-refractivity contribution >= 4 is 39.7 Å². The largest absolute Gasteiger partial charge is 0.394 e. The van der Waals surface area contributed by atoms with Crippen molar-refractivity contribution in [1.82, 2.24) is 9.97 Å². The molecule has 3 aliphatic rings. The molecule has 1 saturated carbocycles. The van der Waals surface area contributed by atoms with Crippen LogP contribution in [0.15, 0.2) is 35.2 Å². The van der Waals surface area contributed by atoms with Gasteiger partial charge in [-0.15, -0.1) is 0 Å². The van der Waals surface area contributed by atoms with E-state index in [1.807, 2.05) is 29.2 Å². The Labute approximate surface area is 192 Å². The van der Waals surface area contributed by atoms with Gasteiger partial charge in [-0.25, -0.2) is 9.19 Å². The number of nitrogens with zero attached hydrogens (tertiary/aromatic N) is 3. The van der Waals surface area contributed by atoms with Crippen LogP contribution in [-0.2, 0) is 17.2 Å². The van der Waals surface area contributed by atoms with Gasteiger partial charge in [0.2, 0.25) is 5.95 Å². The zero-order valence-electron chi connectivity index (χ0n) is 17.3. The van der Waals surface area contributed by atoms with E-state index in [1.54, 1.807) is 0 Å². The number of hydrogen-bond acceptors (Lipinski definition) is 6. The molecule has 2 aliphatic heterocycles. The third kappa shape index (κ3) is 3.80. The zero-order valence-corrected chi connectivity index (χ0v) is 18.9. The number of aromatic nitrogens is 2. The van der Waals surface area contributed by atoms with Crippen LogP contribution < -0.4 is 10.2 Å². The molecular weight excluding hydrogens is 458 g/mol. The maximum Gasteiger partial charge on any atom is 0.331 e. The summed E-state index contributed by atoms with van der Waals surface area (Å²) in [6, 6.07) is 7.65. The van der Waals surface area contributed by atoms with Crippen molar-refractivity contribution in [2.24, 2.45) is 0 Å². The molecule has 170 valence electrons. The lowest BCUT2D eigenvalue weighted by atomic mass is 9.77. The molecule has 2 N–H and O–H groups in total. The highest BCUT2D eigenvalue weighted by Gasteiger charge is 2.50. The SMILES string of the molecule is O=S1c2c(nc(N3CC=C(c4ccc(Cl)cc4)CC3)nc2NC2(CO)CCC2)CC1(F)F. The quantitative estimate of drug-likeness (QED) is 0.673. The van der Waals surface area contributed by atoms with Crippen LogP contribution in [0.5, 0.6) is 0 Å². The van der Waals surface area contributed by atoms with Gasteiger partial charge in [0.25, 0.3) is 0 Å². The van der Waals surface area contributed by atoms with Gasteiger partial charge < -0.3 is 15.3 Å². The van der Waals surface area contributed by atoms with Crippen molar-refractivity contribution in [3.05, 3.63) is 46.6 Å². The van der Waals surface area contributed by atoms with Gasteiger partial charge in [0.1, 0.15) is 21.5 Å². The van der Waals surface area contributed by atoms with Gasteiger partial charge in [-0.3, -0.25) is 0 Å². The predicted octanol–water partition coefficient (Wildman–Crippen LogP) is 4.01. The fourth-order valence-electron chi connectivity index (χ4n) is 4.39. The van der Waals surface area contributed by atoms with E-state index in [9.17, 15) is 18.1 Å². The Morgan fingerprint density at radius 3 is 2.56 bits per heavy atom. The topological polar surface area (TPSA) is 78.4 Å². The maximum absolute atomic E-state index is 14.3.